The molecule has 3 rings (SSSR count). The zero-order valence-corrected chi connectivity index (χ0v) is 12.1. The van der Waals surface area contributed by atoms with Gasteiger partial charge in [0.25, 0.3) is 5.91 Å². The summed E-state index contributed by atoms with van der Waals surface area (Å²) in [6.07, 6.45) is 0. The summed E-state index contributed by atoms with van der Waals surface area (Å²) >= 11 is 0. The van der Waals surface area contributed by atoms with Crippen molar-refractivity contribution in [2.75, 3.05) is 11.4 Å². The van der Waals surface area contributed by atoms with Crippen molar-refractivity contribution in [1.29, 1.82) is 0 Å². The summed E-state index contributed by atoms with van der Waals surface area (Å²) < 4.78 is 25.5. The molecular weight excluding hydrogens is 306 g/mol. The lowest BCUT2D eigenvalue weighted by atomic mass is 10.2. The van der Waals surface area contributed by atoms with E-state index in [-0.39, 0.29) is 21.0 Å². The Balaban J connectivity index is 2.38. The van der Waals surface area contributed by atoms with Crippen molar-refractivity contribution in [2.45, 2.75) is 9.79 Å². The molecule has 0 saturated carbocycles. The van der Waals surface area contributed by atoms with Crippen LogP contribution < -0.4 is 4.90 Å². The van der Waals surface area contributed by atoms with Crippen LogP contribution in [-0.4, -0.2) is 31.9 Å². The van der Waals surface area contributed by atoms with Gasteiger partial charge in [-0.3, -0.25) is 14.5 Å². The molecule has 1 aliphatic rings. The highest BCUT2D eigenvalue weighted by Crippen LogP contribution is 2.36. The molecule has 0 fully saturated rings. The molecule has 7 heteroatoms. The number of benzene rings is 2. The Kier molecular flexibility index (Phi) is 3.22. The molecule has 0 bridgehead atoms. The van der Waals surface area contributed by atoms with E-state index in [0.717, 1.165) is 4.90 Å². The van der Waals surface area contributed by atoms with E-state index >= 15 is 0 Å². The van der Waals surface area contributed by atoms with Crippen LogP contribution in [-0.2, 0) is 14.6 Å². The first-order valence-electron chi connectivity index (χ1n) is 6.40. The highest BCUT2D eigenvalue weighted by atomic mass is 32.2. The Morgan fingerprint density at radius 1 is 1.00 bits per heavy atom. The van der Waals surface area contributed by atoms with E-state index in [9.17, 15) is 18.0 Å². The number of hydrogen-bond acceptors (Lipinski definition) is 4. The smallest absolute Gasteiger partial charge is 0.323 e. The maximum absolute atomic E-state index is 12.8. The molecule has 2 aromatic rings. The highest BCUT2D eigenvalue weighted by molar-refractivity contribution is 7.91. The molecule has 0 atom stereocenters. The molecule has 1 N–H and O–H groups in total. The van der Waals surface area contributed by atoms with Crippen molar-refractivity contribution in [3.8, 4) is 0 Å². The van der Waals surface area contributed by atoms with E-state index in [1.807, 2.05) is 0 Å². The van der Waals surface area contributed by atoms with Crippen LogP contribution in [0.4, 0.5) is 5.69 Å². The molecule has 1 heterocycles. The van der Waals surface area contributed by atoms with Gasteiger partial charge < -0.3 is 5.11 Å². The van der Waals surface area contributed by atoms with Gasteiger partial charge in [-0.2, -0.15) is 0 Å². The van der Waals surface area contributed by atoms with E-state index in [4.69, 9.17) is 5.11 Å². The summed E-state index contributed by atoms with van der Waals surface area (Å²) in [5.74, 6) is -1.87. The average Bonchev–Trinajstić information content (AvgIpc) is 2.57. The molecule has 112 valence electrons. The molecular formula is C15H11NO5S. The normalized spacial score (nSPS) is 15.6. The van der Waals surface area contributed by atoms with Crippen LogP contribution in [0.5, 0.6) is 0 Å². The standard InChI is InChI=1S/C15H11NO5S/c17-14(18)9-16-11-6-2-4-8-13(11)22(20,21)12-7-3-1-5-10(12)15(16)19/h1-8H,9H2,(H,17,18). The number of hydrogen-bond donors (Lipinski definition) is 1. The SMILES string of the molecule is O=C(O)CN1C(=O)c2ccccc2S(=O)(=O)c2ccccc21. The van der Waals surface area contributed by atoms with E-state index in [0.29, 0.717) is 0 Å². The number of amides is 1. The van der Waals surface area contributed by atoms with Crippen molar-refractivity contribution < 1.29 is 23.1 Å². The maximum atomic E-state index is 12.8. The Bertz CT molecular complexity index is 888. The monoisotopic (exact) mass is 317 g/mol. The number of fused-ring (bicyclic) bond motifs is 2. The summed E-state index contributed by atoms with van der Waals surface area (Å²) in [7, 11) is -3.89. The fraction of sp³-hybridized carbons (Fsp3) is 0.0667. The van der Waals surface area contributed by atoms with Crippen molar-refractivity contribution in [3.63, 3.8) is 0 Å². The van der Waals surface area contributed by atoms with Crippen LogP contribution in [0.2, 0.25) is 0 Å². The van der Waals surface area contributed by atoms with Crippen LogP contribution in [0.1, 0.15) is 10.4 Å². The van der Waals surface area contributed by atoms with E-state index in [2.05, 4.69) is 0 Å². The fourth-order valence-corrected chi connectivity index (χ4v) is 4.10. The minimum atomic E-state index is -3.89. The quantitative estimate of drug-likeness (QED) is 0.907. The Labute approximate surface area is 126 Å². The molecule has 2 aromatic carbocycles. The predicted molar refractivity (Wildman–Crippen MR) is 77.6 cm³/mol. The van der Waals surface area contributed by atoms with Gasteiger partial charge in [-0.1, -0.05) is 24.3 Å². The molecule has 0 spiro atoms. The Hall–Kier alpha value is -2.67. The summed E-state index contributed by atoms with van der Waals surface area (Å²) in [6.45, 7) is -0.611. The second-order valence-electron chi connectivity index (χ2n) is 4.75. The van der Waals surface area contributed by atoms with Crippen molar-refractivity contribution >= 4 is 27.4 Å². The molecule has 22 heavy (non-hydrogen) atoms. The third-order valence-corrected chi connectivity index (χ3v) is 5.25. The van der Waals surface area contributed by atoms with Crippen molar-refractivity contribution in [2.24, 2.45) is 0 Å². The van der Waals surface area contributed by atoms with Gasteiger partial charge in [0.2, 0.25) is 9.84 Å². The van der Waals surface area contributed by atoms with Crippen molar-refractivity contribution in [1.82, 2.24) is 0 Å². The lowest BCUT2D eigenvalue weighted by Gasteiger charge is -2.20. The number of nitrogens with zero attached hydrogens (tertiary/aromatic N) is 1. The van der Waals surface area contributed by atoms with Gasteiger partial charge in [0, 0.05) is 0 Å². The molecule has 0 radical (unpaired) electrons. The summed E-state index contributed by atoms with van der Waals surface area (Å²) in [5, 5.41) is 9.04. The number of carbonyl (C=O) groups is 2. The molecule has 1 aliphatic heterocycles. The third-order valence-electron chi connectivity index (χ3n) is 3.39. The van der Waals surface area contributed by atoms with Gasteiger partial charge in [-0.05, 0) is 24.3 Å². The topological polar surface area (TPSA) is 91.8 Å². The number of rotatable bonds is 2. The molecule has 1 amide bonds. The van der Waals surface area contributed by atoms with Crippen LogP contribution in [0.25, 0.3) is 0 Å². The van der Waals surface area contributed by atoms with Gasteiger partial charge in [0.15, 0.2) is 0 Å². The van der Waals surface area contributed by atoms with E-state index in [1.54, 1.807) is 12.1 Å². The highest BCUT2D eigenvalue weighted by Gasteiger charge is 2.35. The van der Waals surface area contributed by atoms with Crippen molar-refractivity contribution in [3.05, 3.63) is 54.1 Å². The first-order chi connectivity index (χ1) is 10.4. The molecule has 0 aromatic heterocycles. The summed E-state index contributed by atoms with van der Waals surface area (Å²) in [4.78, 5) is 24.5. The van der Waals surface area contributed by atoms with Crippen LogP contribution in [0, 0.1) is 0 Å². The zero-order chi connectivity index (χ0) is 15.9. The first kappa shape index (κ1) is 14.3. The zero-order valence-electron chi connectivity index (χ0n) is 11.3. The summed E-state index contributed by atoms with van der Waals surface area (Å²) in [6, 6.07) is 11.7. The lowest BCUT2D eigenvalue weighted by molar-refractivity contribution is -0.135. The Morgan fingerprint density at radius 3 is 2.27 bits per heavy atom. The third kappa shape index (κ3) is 2.06. The average molecular weight is 317 g/mol. The number of anilines is 1. The molecule has 0 unspecified atom stereocenters. The number of carboxylic acid groups (broad SMARTS) is 1. The molecule has 0 saturated heterocycles. The number of carbonyl (C=O) groups excluding carboxylic acids is 1. The summed E-state index contributed by atoms with van der Waals surface area (Å²) in [5.41, 5.74) is 0.0473. The minimum absolute atomic E-state index is 0.0278. The number of sulfone groups is 1. The number of carboxylic acids is 1. The lowest BCUT2D eigenvalue weighted by Crippen LogP contribution is -2.35. The maximum Gasteiger partial charge on any atom is 0.323 e. The van der Waals surface area contributed by atoms with Crippen LogP contribution in [0.3, 0.4) is 0 Å². The number of para-hydroxylation sites is 1. The number of aliphatic carboxylic acids is 1. The van der Waals surface area contributed by atoms with Gasteiger partial charge in [0.1, 0.15) is 6.54 Å². The molecule has 0 aliphatic carbocycles. The van der Waals surface area contributed by atoms with Crippen LogP contribution >= 0.6 is 0 Å². The van der Waals surface area contributed by atoms with E-state index in [1.165, 1.54) is 36.4 Å². The van der Waals surface area contributed by atoms with Gasteiger partial charge in [-0.25, -0.2) is 8.42 Å². The van der Waals surface area contributed by atoms with Crippen LogP contribution in [0.15, 0.2) is 58.3 Å². The first-order valence-corrected chi connectivity index (χ1v) is 7.88. The second-order valence-corrected chi connectivity index (χ2v) is 6.64. The fourth-order valence-electron chi connectivity index (χ4n) is 2.45. The van der Waals surface area contributed by atoms with Gasteiger partial charge >= 0.3 is 5.97 Å². The second kappa shape index (κ2) is 4.96. The molecule has 6 nitrogen and oxygen atoms in total. The van der Waals surface area contributed by atoms with Gasteiger partial charge in [-0.15, -0.1) is 0 Å². The van der Waals surface area contributed by atoms with Gasteiger partial charge in [0.05, 0.1) is 21.0 Å². The predicted octanol–water partition coefficient (Wildman–Crippen LogP) is 1.56. The minimum Gasteiger partial charge on any atom is -0.480 e. The van der Waals surface area contributed by atoms with E-state index < -0.39 is 28.3 Å². The Morgan fingerprint density at radius 2 is 1.59 bits per heavy atom. The largest absolute Gasteiger partial charge is 0.480 e.